The van der Waals surface area contributed by atoms with Gasteiger partial charge in [-0.05, 0) is 24.6 Å². The molecule has 1 heterocycles. The molecule has 0 aliphatic rings. The van der Waals surface area contributed by atoms with Gasteiger partial charge in [0, 0.05) is 24.8 Å². The van der Waals surface area contributed by atoms with Gasteiger partial charge in [0.05, 0.1) is 12.8 Å². The number of hydrogen-bond donors (Lipinski definition) is 1. The number of rotatable bonds is 3. The zero-order valence-electron chi connectivity index (χ0n) is 10.3. The molecule has 2 N–H and O–H groups in total. The molecule has 0 fully saturated rings. The maximum absolute atomic E-state index is 5.93. The number of nitrogens with two attached hydrogens (primary N) is 1. The summed E-state index contributed by atoms with van der Waals surface area (Å²) in [4.78, 5) is 0. The van der Waals surface area contributed by atoms with E-state index >= 15 is 0 Å². The Balaban J connectivity index is 2.51. The van der Waals surface area contributed by atoms with Crippen molar-refractivity contribution < 1.29 is 4.74 Å². The zero-order valence-corrected chi connectivity index (χ0v) is 10.3. The molecule has 4 heteroatoms. The monoisotopic (exact) mass is 231 g/mol. The third kappa shape index (κ3) is 2.31. The normalized spacial score (nSPS) is 12.5. The first-order valence-corrected chi connectivity index (χ1v) is 5.55. The summed E-state index contributed by atoms with van der Waals surface area (Å²) in [5.41, 5.74) is 8.96. The molecule has 1 aromatic carbocycles. The molecule has 0 spiro atoms. The Morgan fingerprint density at radius 1 is 1.41 bits per heavy atom. The Bertz CT molecular complexity index is 517. The second-order valence-corrected chi connectivity index (χ2v) is 4.12. The Labute approximate surface area is 101 Å². The number of nitrogens with zero attached hydrogens (tertiary/aromatic N) is 2. The molecule has 0 aliphatic carbocycles. The lowest BCUT2D eigenvalue weighted by Gasteiger charge is -2.06. The van der Waals surface area contributed by atoms with Crippen LogP contribution in [0.3, 0.4) is 0 Å². The first-order valence-electron chi connectivity index (χ1n) is 5.55. The van der Waals surface area contributed by atoms with E-state index in [0.29, 0.717) is 0 Å². The number of aryl methyl sites for hydroxylation is 1. The number of hydrogen-bond acceptors (Lipinski definition) is 3. The molecule has 0 bridgehead atoms. The van der Waals surface area contributed by atoms with E-state index in [4.69, 9.17) is 10.5 Å². The van der Waals surface area contributed by atoms with Gasteiger partial charge in [-0.15, -0.1) is 0 Å². The van der Waals surface area contributed by atoms with E-state index in [-0.39, 0.29) is 6.04 Å². The molecule has 0 amide bonds. The molecule has 1 unspecified atom stereocenters. The molecule has 1 atom stereocenters. The molecule has 0 saturated heterocycles. The van der Waals surface area contributed by atoms with Crippen LogP contribution >= 0.6 is 0 Å². The van der Waals surface area contributed by atoms with Crippen molar-refractivity contribution in [3.8, 4) is 16.9 Å². The van der Waals surface area contributed by atoms with Crippen LogP contribution in [0.25, 0.3) is 11.1 Å². The Kier molecular flexibility index (Phi) is 3.15. The first-order chi connectivity index (χ1) is 8.11. The van der Waals surface area contributed by atoms with Crippen molar-refractivity contribution in [2.45, 2.75) is 13.0 Å². The van der Waals surface area contributed by atoms with Crippen LogP contribution in [0.1, 0.15) is 18.7 Å². The fourth-order valence-corrected chi connectivity index (χ4v) is 1.86. The Morgan fingerprint density at radius 3 is 2.82 bits per heavy atom. The highest BCUT2D eigenvalue weighted by atomic mass is 16.5. The minimum absolute atomic E-state index is 0.0857. The van der Waals surface area contributed by atoms with Crippen LogP contribution in [0, 0.1) is 0 Å². The predicted molar refractivity (Wildman–Crippen MR) is 67.8 cm³/mol. The molecule has 0 aliphatic heterocycles. The van der Waals surface area contributed by atoms with Gasteiger partial charge in [-0.25, -0.2) is 0 Å². The van der Waals surface area contributed by atoms with E-state index in [1.54, 1.807) is 11.8 Å². The van der Waals surface area contributed by atoms with E-state index in [1.807, 2.05) is 44.4 Å². The van der Waals surface area contributed by atoms with Gasteiger partial charge in [-0.1, -0.05) is 12.1 Å². The van der Waals surface area contributed by atoms with Crippen molar-refractivity contribution >= 4 is 0 Å². The SMILES string of the molecule is COc1cccc(-c2cn(C)nc2C(C)N)c1. The molecule has 1 aromatic heterocycles. The van der Waals surface area contributed by atoms with Crippen molar-refractivity contribution in [3.05, 3.63) is 36.2 Å². The molecular formula is C13H17N3O. The molecule has 2 rings (SSSR count). The van der Waals surface area contributed by atoms with Crippen LogP contribution in [0.2, 0.25) is 0 Å². The molecule has 4 nitrogen and oxygen atoms in total. The van der Waals surface area contributed by atoms with Gasteiger partial charge >= 0.3 is 0 Å². The summed E-state index contributed by atoms with van der Waals surface area (Å²) in [7, 11) is 3.56. The van der Waals surface area contributed by atoms with Gasteiger partial charge in [0.25, 0.3) is 0 Å². The van der Waals surface area contributed by atoms with E-state index < -0.39 is 0 Å². The fourth-order valence-electron chi connectivity index (χ4n) is 1.86. The fraction of sp³-hybridized carbons (Fsp3) is 0.308. The van der Waals surface area contributed by atoms with Gasteiger partial charge in [-0.2, -0.15) is 5.10 Å². The Morgan fingerprint density at radius 2 is 2.18 bits per heavy atom. The number of ether oxygens (including phenoxy) is 1. The topological polar surface area (TPSA) is 53.1 Å². The minimum Gasteiger partial charge on any atom is -0.497 e. The zero-order chi connectivity index (χ0) is 12.4. The molecule has 2 aromatic rings. The highest BCUT2D eigenvalue weighted by Crippen LogP contribution is 2.28. The van der Waals surface area contributed by atoms with Gasteiger partial charge in [0.15, 0.2) is 0 Å². The van der Waals surface area contributed by atoms with Crippen LogP contribution in [0.5, 0.6) is 5.75 Å². The molecule has 0 radical (unpaired) electrons. The van der Waals surface area contributed by atoms with Crippen LogP contribution in [-0.2, 0) is 7.05 Å². The average molecular weight is 231 g/mol. The summed E-state index contributed by atoms with van der Waals surface area (Å²) in [5, 5.41) is 4.39. The minimum atomic E-state index is -0.0857. The molecule has 90 valence electrons. The lowest BCUT2D eigenvalue weighted by atomic mass is 10.0. The van der Waals surface area contributed by atoms with Crippen LogP contribution in [-0.4, -0.2) is 16.9 Å². The molecule has 17 heavy (non-hydrogen) atoms. The summed E-state index contributed by atoms with van der Waals surface area (Å²) in [6.07, 6.45) is 1.98. The standard InChI is InChI=1S/C13H17N3O/c1-9(14)13-12(8-16(2)15-13)10-5-4-6-11(7-10)17-3/h4-9H,14H2,1-3H3. The van der Waals surface area contributed by atoms with Gasteiger partial charge in [0.2, 0.25) is 0 Å². The first kappa shape index (κ1) is 11.7. The highest BCUT2D eigenvalue weighted by Gasteiger charge is 2.13. The van der Waals surface area contributed by atoms with Gasteiger partial charge in [-0.3, -0.25) is 4.68 Å². The van der Waals surface area contributed by atoms with Crippen LogP contribution in [0.4, 0.5) is 0 Å². The number of methoxy groups -OCH3 is 1. The molecule has 0 saturated carbocycles. The summed E-state index contributed by atoms with van der Waals surface area (Å²) < 4.78 is 7.01. The van der Waals surface area contributed by atoms with Gasteiger partial charge in [0.1, 0.15) is 5.75 Å². The van der Waals surface area contributed by atoms with Crippen molar-refractivity contribution in [1.82, 2.24) is 9.78 Å². The predicted octanol–water partition coefficient (Wildman–Crippen LogP) is 2.12. The quantitative estimate of drug-likeness (QED) is 0.880. The maximum atomic E-state index is 5.93. The number of benzene rings is 1. The summed E-state index contributed by atoms with van der Waals surface area (Å²) in [6.45, 7) is 1.94. The summed E-state index contributed by atoms with van der Waals surface area (Å²) in [6, 6.07) is 7.82. The second-order valence-electron chi connectivity index (χ2n) is 4.12. The largest absolute Gasteiger partial charge is 0.497 e. The van der Waals surface area contributed by atoms with E-state index in [2.05, 4.69) is 5.10 Å². The van der Waals surface area contributed by atoms with Crippen molar-refractivity contribution in [2.24, 2.45) is 12.8 Å². The molecular weight excluding hydrogens is 214 g/mol. The van der Waals surface area contributed by atoms with Crippen molar-refractivity contribution in [2.75, 3.05) is 7.11 Å². The second kappa shape index (κ2) is 4.59. The van der Waals surface area contributed by atoms with Crippen molar-refractivity contribution in [3.63, 3.8) is 0 Å². The van der Waals surface area contributed by atoms with Crippen molar-refractivity contribution in [1.29, 1.82) is 0 Å². The number of aromatic nitrogens is 2. The maximum Gasteiger partial charge on any atom is 0.119 e. The third-order valence-corrected chi connectivity index (χ3v) is 2.67. The summed E-state index contributed by atoms with van der Waals surface area (Å²) in [5.74, 6) is 0.835. The lowest BCUT2D eigenvalue weighted by Crippen LogP contribution is -2.07. The van der Waals surface area contributed by atoms with E-state index in [0.717, 1.165) is 22.6 Å². The van der Waals surface area contributed by atoms with E-state index in [1.165, 1.54) is 0 Å². The highest BCUT2D eigenvalue weighted by molar-refractivity contribution is 5.67. The average Bonchev–Trinajstić information content (AvgIpc) is 2.72. The summed E-state index contributed by atoms with van der Waals surface area (Å²) >= 11 is 0. The third-order valence-electron chi connectivity index (χ3n) is 2.67. The van der Waals surface area contributed by atoms with Gasteiger partial charge < -0.3 is 10.5 Å². The van der Waals surface area contributed by atoms with Crippen LogP contribution < -0.4 is 10.5 Å². The smallest absolute Gasteiger partial charge is 0.119 e. The van der Waals surface area contributed by atoms with E-state index in [9.17, 15) is 0 Å². The van der Waals surface area contributed by atoms with Crippen LogP contribution in [0.15, 0.2) is 30.5 Å². The Hall–Kier alpha value is -1.81. The lowest BCUT2D eigenvalue weighted by molar-refractivity contribution is 0.415.